The summed E-state index contributed by atoms with van der Waals surface area (Å²) in [7, 11) is 0. The summed E-state index contributed by atoms with van der Waals surface area (Å²) in [5.74, 6) is 0.708. The van der Waals surface area contributed by atoms with Crippen LogP contribution in [0.5, 0.6) is 5.75 Å². The molecule has 0 aliphatic carbocycles. The SMILES string of the molecule is CC(C)N1C(=O)/C(=C\c2cn(-c3ccccc3)nc2-c2ccc(OCc3cccc4ccccc34)cc2)SC1=S. The molecular weight excluding hydrogens is 535 g/mol. The molecule has 1 amide bonds. The summed E-state index contributed by atoms with van der Waals surface area (Å²) >= 11 is 6.82. The van der Waals surface area contributed by atoms with Crippen LogP contribution < -0.4 is 4.74 Å². The van der Waals surface area contributed by atoms with Crippen molar-refractivity contribution in [3.05, 3.63) is 119 Å². The van der Waals surface area contributed by atoms with Crippen LogP contribution >= 0.6 is 24.0 Å². The second-order valence-electron chi connectivity index (χ2n) is 9.81. The first kappa shape index (κ1) is 26.0. The number of benzene rings is 4. The largest absolute Gasteiger partial charge is 0.489 e. The van der Waals surface area contributed by atoms with E-state index in [0.29, 0.717) is 15.8 Å². The van der Waals surface area contributed by atoms with E-state index < -0.39 is 0 Å². The van der Waals surface area contributed by atoms with Gasteiger partial charge in [-0.3, -0.25) is 9.69 Å². The van der Waals surface area contributed by atoms with E-state index >= 15 is 0 Å². The van der Waals surface area contributed by atoms with Crippen molar-refractivity contribution >= 4 is 51.1 Å². The lowest BCUT2D eigenvalue weighted by molar-refractivity contribution is -0.123. The minimum Gasteiger partial charge on any atom is -0.489 e. The number of nitrogens with zero attached hydrogens (tertiary/aromatic N) is 3. The number of amides is 1. The zero-order valence-electron chi connectivity index (χ0n) is 22.2. The van der Waals surface area contributed by atoms with Crippen LogP contribution in [-0.4, -0.2) is 30.9 Å². The molecule has 1 aliphatic rings. The van der Waals surface area contributed by atoms with Gasteiger partial charge in [-0.05, 0) is 72.7 Å². The van der Waals surface area contributed by atoms with E-state index in [9.17, 15) is 4.79 Å². The number of thiocarbonyl (C=S) groups is 1. The van der Waals surface area contributed by atoms with Crippen LogP contribution in [-0.2, 0) is 11.4 Å². The third-order valence-corrected chi connectivity index (χ3v) is 8.12. The van der Waals surface area contributed by atoms with E-state index in [0.717, 1.165) is 33.8 Å². The van der Waals surface area contributed by atoms with Crippen molar-refractivity contribution in [1.29, 1.82) is 0 Å². The number of ether oxygens (including phenoxy) is 1. The average molecular weight is 562 g/mol. The maximum absolute atomic E-state index is 13.1. The van der Waals surface area contributed by atoms with Crippen LogP contribution in [0.2, 0.25) is 0 Å². The van der Waals surface area contributed by atoms with Gasteiger partial charge in [0, 0.05) is 23.4 Å². The highest BCUT2D eigenvalue weighted by Gasteiger charge is 2.34. The van der Waals surface area contributed by atoms with Gasteiger partial charge in [0.05, 0.1) is 16.3 Å². The Morgan fingerprint density at radius 2 is 1.65 bits per heavy atom. The number of thioether (sulfide) groups is 1. The van der Waals surface area contributed by atoms with Gasteiger partial charge in [-0.15, -0.1) is 0 Å². The van der Waals surface area contributed by atoms with Gasteiger partial charge >= 0.3 is 0 Å². The van der Waals surface area contributed by atoms with Gasteiger partial charge in [0.25, 0.3) is 5.91 Å². The number of aromatic nitrogens is 2. The minimum atomic E-state index is -0.0689. The van der Waals surface area contributed by atoms with Gasteiger partial charge in [0.15, 0.2) is 0 Å². The van der Waals surface area contributed by atoms with E-state index in [4.69, 9.17) is 22.1 Å². The first-order valence-corrected chi connectivity index (χ1v) is 14.3. The molecule has 0 atom stereocenters. The molecule has 1 saturated heterocycles. The van der Waals surface area contributed by atoms with E-state index in [1.807, 2.05) is 97.5 Å². The average Bonchev–Trinajstić information content (AvgIpc) is 3.52. The fourth-order valence-corrected chi connectivity index (χ4v) is 6.30. The van der Waals surface area contributed by atoms with Gasteiger partial charge in [-0.2, -0.15) is 5.10 Å². The summed E-state index contributed by atoms with van der Waals surface area (Å²) in [5.41, 5.74) is 4.63. The summed E-state index contributed by atoms with van der Waals surface area (Å²) in [6, 6.07) is 32.5. The van der Waals surface area contributed by atoms with E-state index in [1.165, 1.54) is 22.5 Å². The van der Waals surface area contributed by atoms with Crippen LogP contribution in [0.3, 0.4) is 0 Å². The lowest BCUT2D eigenvalue weighted by Gasteiger charge is -2.18. The fourth-order valence-electron chi connectivity index (χ4n) is 4.79. The fraction of sp³-hybridized carbons (Fsp3) is 0.121. The zero-order chi connectivity index (χ0) is 27.6. The smallest absolute Gasteiger partial charge is 0.266 e. The van der Waals surface area contributed by atoms with Crippen molar-refractivity contribution in [2.75, 3.05) is 0 Å². The Hall–Kier alpha value is -4.20. The Balaban J connectivity index is 1.30. The summed E-state index contributed by atoms with van der Waals surface area (Å²) in [5, 5.41) is 7.31. The highest BCUT2D eigenvalue weighted by Crippen LogP contribution is 2.36. The van der Waals surface area contributed by atoms with Crippen molar-refractivity contribution in [2.24, 2.45) is 0 Å². The molecule has 0 unspecified atom stereocenters. The second kappa shape index (κ2) is 11.1. The monoisotopic (exact) mass is 561 g/mol. The molecule has 5 nitrogen and oxygen atoms in total. The van der Waals surface area contributed by atoms with Crippen molar-refractivity contribution in [3.63, 3.8) is 0 Å². The Bertz CT molecular complexity index is 1740. The molecule has 1 fully saturated rings. The Morgan fingerprint density at radius 3 is 2.40 bits per heavy atom. The van der Waals surface area contributed by atoms with Crippen LogP contribution in [0.1, 0.15) is 25.0 Å². The highest BCUT2D eigenvalue weighted by molar-refractivity contribution is 8.26. The van der Waals surface area contributed by atoms with Crippen LogP contribution in [0.15, 0.2) is 108 Å². The number of para-hydroxylation sites is 1. The van der Waals surface area contributed by atoms with Gasteiger partial charge in [-0.25, -0.2) is 4.68 Å². The maximum atomic E-state index is 13.1. The lowest BCUT2D eigenvalue weighted by Crippen LogP contribution is -2.34. The molecule has 1 aliphatic heterocycles. The summed E-state index contributed by atoms with van der Waals surface area (Å²) in [6.07, 6.45) is 3.85. The topological polar surface area (TPSA) is 47.4 Å². The van der Waals surface area contributed by atoms with E-state index in [-0.39, 0.29) is 11.9 Å². The highest BCUT2D eigenvalue weighted by atomic mass is 32.2. The predicted octanol–water partition coefficient (Wildman–Crippen LogP) is 7.88. The van der Waals surface area contributed by atoms with Crippen LogP contribution in [0.25, 0.3) is 33.8 Å². The first-order chi connectivity index (χ1) is 19.5. The third-order valence-electron chi connectivity index (χ3n) is 6.79. The van der Waals surface area contributed by atoms with Gasteiger partial charge in [-0.1, -0.05) is 84.6 Å². The minimum absolute atomic E-state index is 0.00586. The molecule has 6 rings (SSSR count). The summed E-state index contributed by atoms with van der Waals surface area (Å²) in [6.45, 7) is 4.42. The molecule has 4 aromatic carbocycles. The molecule has 7 heteroatoms. The Labute approximate surface area is 243 Å². The second-order valence-corrected chi connectivity index (χ2v) is 11.5. The van der Waals surface area contributed by atoms with Crippen molar-refractivity contribution in [3.8, 4) is 22.7 Å². The number of hydrogen-bond donors (Lipinski definition) is 0. The zero-order valence-corrected chi connectivity index (χ0v) is 23.8. The number of carbonyl (C=O) groups is 1. The van der Waals surface area contributed by atoms with Gasteiger partial charge in [0.2, 0.25) is 0 Å². The first-order valence-electron chi connectivity index (χ1n) is 13.1. The lowest BCUT2D eigenvalue weighted by atomic mass is 10.1. The number of hydrogen-bond acceptors (Lipinski definition) is 5. The molecular formula is C33H27N3O2S2. The molecule has 0 bridgehead atoms. The molecule has 0 saturated carbocycles. The Morgan fingerprint density at radius 1 is 0.925 bits per heavy atom. The number of fused-ring (bicyclic) bond motifs is 1. The Kier molecular flexibility index (Phi) is 7.24. The normalized spacial score (nSPS) is 14.6. The van der Waals surface area contributed by atoms with Crippen molar-refractivity contribution < 1.29 is 9.53 Å². The summed E-state index contributed by atoms with van der Waals surface area (Å²) in [4.78, 5) is 15.4. The van der Waals surface area contributed by atoms with Crippen molar-refractivity contribution in [1.82, 2.24) is 14.7 Å². The molecule has 0 radical (unpaired) electrons. The van der Waals surface area contributed by atoms with Crippen molar-refractivity contribution in [2.45, 2.75) is 26.5 Å². The standard InChI is InChI=1S/C33H27N3O2S2/c1-22(2)36-32(37)30(40-33(36)39)19-26-20-35(27-12-4-3-5-13-27)34-31(26)24-15-17-28(18-16-24)38-21-25-11-8-10-23-9-6-7-14-29(23)25/h3-20,22H,21H2,1-2H3/b30-19+. The van der Waals surface area contributed by atoms with Gasteiger partial charge < -0.3 is 4.74 Å². The van der Waals surface area contributed by atoms with E-state index in [2.05, 4.69) is 30.3 Å². The summed E-state index contributed by atoms with van der Waals surface area (Å²) < 4.78 is 8.58. The number of rotatable bonds is 7. The van der Waals surface area contributed by atoms with Crippen LogP contribution in [0.4, 0.5) is 0 Å². The van der Waals surface area contributed by atoms with Crippen LogP contribution in [0, 0.1) is 0 Å². The molecule has 198 valence electrons. The molecule has 2 heterocycles. The molecule has 5 aromatic rings. The number of carbonyl (C=O) groups excluding carboxylic acids is 1. The maximum Gasteiger partial charge on any atom is 0.266 e. The molecule has 1 aromatic heterocycles. The third kappa shape index (κ3) is 5.18. The van der Waals surface area contributed by atoms with E-state index in [1.54, 1.807) is 4.90 Å². The molecule has 40 heavy (non-hydrogen) atoms. The molecule has 0 N–H and O–H groups in total. The van der Waals surface area contributed by atoms with Gasteiger partial charge in [0.1, 0.15) is 16.7 Å². The predicted molar refractivity (Wildman–Crippen MR) is 167 cm³/mol. The quantitative estimate of drug-likeness (QED) is 0.149. The molecule has 0 spiro atoms.